The number of aliphatic hydroxyl groups is 2. The molecule has 1 aromatic heterocycles. The molecule has 0 saturated heterocycles. The van der Waals surface area contributed by atoms with Crippen molar-refractivity contribution in [3.8, 4) is 5.69 Å². The van der Waals surface area contributed by atoms with Crippen LogP contribution in [-0.2, 0) is 11.2 Å². The maximum absolute atomic E-state index is 14.6. The molecule has 0 unspecified atom stereocenters. The molecular weight excluding hydrogens is 482 g/mol. The molecule has 0 aliphatic heterocycles. The van der Waals surface area contributed by atoms with E-state index < -0.39 is 33.9 Å². The summed E-state index contributed by atoms with van der Waals surface area (Å²) in [5.74, 6) is -0.896. The Morgan fingerprint density at radius 3 is 2.75 bits per heavy atom. The van der Waals surface area contributed by atoms with Gasteiger partial charge in [0.1, 0.15) is 17.1 Å². The van der Waals surface area contributed by atoms with Crippen LogP contribution in [0.2, 0.25) is 0 Å². The van der Waals surface area contributed by atoms with E-state index in [1.54, 1.807) is 6.20 Å². The van der Waals surface area contributed by atoms with Crippen LogP contribution in [0.25, 0.3) is 11.8 Å². The standard InChI is InChI=1S/C28H32F2N2O3S/c1-26-12-16-14-31-32(21-6-5-19(29)11-20(21)30)22(16)10-17(26)4-3-15-9-18-7-8-28(35,25(34)36)27(18,2)13-23(33)24(15)26/h5-6,10-11,14-15,18,23-24,33,35H,3-4,7-9,12-13H2,1-2H3,(H,34,36)/t15-,18-,23-,24+,26-,27-,28-/m0/s1. The summed E-state index contributed by atoms with van der Waals surface area (Å²) in [5.41, 5.74) is 0.629. The molecule has 8 heteroatoms. The second kappa shape index (κ2) is 7.98. The molecule has 192 valence electrons. The third-order valence-corrected chi connectivity index (χ3v) is 10.7. The molecule has 6 rings (SSSR count). The summed E-state index contributed by atoms with van der Waals surface area (Å²) in [4.78, 5) is 12.4. The first kappa shape index (κ1) is 24.3. The fourth-order valence-corrected chi connectivity index (χ4v) is 8.78. The van der Waals surface area contributed by atoms with Crippen molar-refractivity contribution in [3.63, 3.8) is 0 Å². The number of allylic oxidation sites excluding steroid dienone is 1. The molecule has 0 amide bonds. The first-order valence-corrected chi connectivity index (χ1v) is 13.3. The van der Waals surface area contributed by atoms with Crippen LogP contribution in [0.1, 0.15) is 63.6 Å². The molecule has 36 heavy (non-hydrogen) atoms. The summed E-state index contributed by atoms with van der Waals surface area (Å²) < 4.78 is 29.6. The van der Waals surface area contributed by atoms with E-state index >= 15 is 0 Å². The van der Waals surface area contributed by atoms with Crippen LogP contribution in [0, 0.1) is 40.2 Å². The van der Waals surface area contributed by atoms with Crippen molar-refractivity contribution in [3.05, 3.63) is 52.9 Å². The van der Waals surface area contributed by atoms with E-state index in [1.807, 2.05) is 6.92 Å². The van der Waals surface area contributed by atoms with Crippen LogP contribution >= 0.6 is 12.6 Å². The highest BCUT2D eigenvalue weighted by molar-refractivity contribution is 7.96. The lowest BCUT2D eigenvalue weighted by Crippen LogP contribution is -2.52. The predicted octanol–water partition coefficient (Wildman–Crippen LogP) is 4.88. The minimum atomic E-state index is -1.52. The number of carbonyl (C=O) groups is 1. The third kappa shape index (κ3) is 3.19. The van der Waals surface area contributed by atoms with Crippen molar-refractivity contribution >= 4 is 23.8 Å². The van der Waals surface area contributed by atoms with Gasteiger partial charge in [0.25, 0.3) is 0 Å². The van der Waals surface area contributed by atoms with Gasteiger partial charge in [0.2, 0.25) is 5.12 Å². The Balaban J connectivity index is 1.38. The van der Waals surface area contributed by atoms with Crippen molar-refractivity contribution in [1.29, 1.82) is 0 Å². The molecule has 2 aromatic rings. The van der Waals surface area contributed by atoms with Crippen molar-refractivity contribution < 1.29 is 23.8 Å². The number of hydrogen-bond acceptors (Lipinski definition) is 4. The van der Waals surface area contributed by atoms with Gasteiger partial charge < -0.3 is 10.2 Å². The molecule has 1 heterocycles. The summed E-state index contributed by atoms with van der Waals surface area (Å²) in [6.45, 7) is 4.16. The monoisotopic (exact) mass is 514 g/mol. The lowest BCUT2D eigenvalue weighted by atomic mass is 9.54. The van der Waals surface area contributed by atoms with Gasteiger partial charge in [-0.05, 0) is 91.9 Å². The number of rotatable bonds is 2. The van der Waals surface area contributed by atoms with Gasteiger partial charge >= 0.3 is 0 Å². The average Bonchev–Trinajstić information content (AvgIpc) is 3.26. The fourth-order valence-electron chi connectivity index (χ4n) is 8.42. The van der Waals surface area contributed by atoms with Gasteiger partial charge in [-0.25, -0.2) is 13.5 Å². The van der Waals surface area contributed by atoms with Crippen molar-refractivity contribution in [2.45, 2.75) is 70.5 Å². The van der Waals surface area contributed by atoms with Crippen molar-refractivity contribution in [1.82, 2.24) is 9.78 Å². The quantitative estimate of drug-likeness (QED) is 0.500. The zero-order valence-corrected chi connectivity index (χ0v) is 21.4. The molecule has 2 N–H and O–H groups in total. The van der Waals surface area contributed by atoms with E-state index in [1.165, 1.54) is 22.4 Å². The van der Waals surface area contributed by atoms with Crippen LogP contribution < -0.4 is 0 Å². The van der Waals surface area contributed by atoms with E-state index in [9.17, 15) is 23.8 Å². The molecule has 3 saturated carbocycles. The van der Waals surface area contributed by atoms with E-state index in [4.69, 9.17) is 0 Å². The number of halogens is 2. The number of fused-ring (bicyclic) bond motifs is 5. The minimum absolute atomic E-state index is 0.0294. The van der Waals surface area contributed by atoms with Gasteiger partial charge in [-0.2, -0.15) is 5.10 Å². The number of hydrogen-bond donors (Lipinski definition) is 3. The predicted molar refractivity (Wildman–Crippen MR) is 134 cm³/mol. The van der Waals surface area contributed by atoms with E-state index in [2.05, 4.69) is 30.7 Å². The van der Waals surface area contributed by atoms with Crippen molar-refractivity contribution in [2.75, 3.05) is 0 Å². The van der Waals surface area contributed by atoms with Gasteiger partial charge in [-0.3, -0.25) is 4.79 Å². The average molecular weight is 515 g/mol. The third-order valence-electron chi connectivity index (χ3n) is 10.3. The molecule has 3 fully saturated rings. The lowest BCUT2D eigenvalue weighted by molar-refractivity contribution is -0.144. The van der Waals surface area contributed by atoms with E-state index in [-0.39, 0.29) is 28.9 Å². The molecule has 0 bridgehead atoms. The SMILES string of the molecule is C[C@]12Cc3cnn(-c4ccc(F)cc4F)c3C=C1CC[C@H]1C[C@@H]3CC[C@](O)(C(=O)S)[C@@]3(C)C[C@H](O)[C@@H]12. The Kier molecular flexibility index (Phi) is 5.39. The maximum Gasteiger partial charge on any atom is 0.218 e. The van der Waals surface area contributed by atoms with Gasteiger partial charge in [0.15, 0.2) is 5.82 Å². The van der Waals surface area contributed by atoms with Crippen molar-refractivity contribution in [2.24, 2.45) is 28.6 Å². The largest absolute Gasteiger partial charge is 0.393 e. The molecular formula is C28H32F2N2O3S. The Morgan fingerprint density at radius 1 is 1.25 bits per heavy atom. The van der Waals surface area contributed by atoms with Gasteiger partial charge in [-0.15, -0.1) is 12.6 Å². The van der Waals surface area contributed by atoms with Crippen LogP contribution in [0.4, 0.5) is 8.78 Å². The lowest BCUT2D eigenvalue weighted by Gasteiger charge is -2.51. The number of carbonyl (C=O) groups excluding carboxylic acids is 1. The second-order valence-electron chi connectivity index (χ2n) is 12.0. The molecule has 1 aromatic carbocycles. The first-order chi connectivity index (χ1) is 17.0. The van der Waals surface area contributed by atoms with E-state index in [0.717, 1.165) is 43.0 Å². The number of aliphatic hydroxyl groups excluding tert-OH is 1. The highest BCUT2D eigenvalue weighted by Gasteiger charge is 2.64. The van der Waals surface area contributed by atoms with E-state index in [0.29, 0.717) is 19.3 Å². The Labute approximate surface area is 215 Å². The summed E-state index contributed by atoms with van der Waals surface area (Å²) in [6.07, 6.45) is 7.97. The molecule has 4 aliphatic carbocycles. The minimum Gasteiger partial charge on any atom is -0.393 e. The Bertz CT molecular complexity index is 1290. The highest BCUT2D eigenvalue weighted by Crippen LogP contribution is 2.64. The smallest absolute Gasteiger partial charge is 0.218 e. The Hall–Kier alpha value is -2.03. The summed E-state index contributed by atoms with van der Waals surface area (Å²) in [7, 11) is 0. The van der Waals surface area contributed by atoms with Crippen LogP contribution in [0.3, 0.4) is 0 Å². The zero-order valence-electron chi connectivity index (χ0n) is 20.5. The topological polar surface area (TPSA) is 75.3 Å². The zero-order chi connectivity index (χ0) is 25.6. The first-order valence-electron chi connectivity index (χ1n) is 12.8. The fraction of sp³-hybridized carbons (Fsp3) is 0.571. The summed E-state index contributed by atoms with van der Waals surface area (Å²) in [6, 6.07) is 3.50. The molecule has 0 radical (unpaired) electrons. The Morgan fingerprint density at radius 2 is 2.03 bits per heavy atom. The van der Waals surface area contributed by atoms with Gasteiger partial charge in [0, 0.05) is 11.5 Å². The molecule has 5 nitrogen and oxygen atoms in total. The number of nitrogens with zero attached hydrogens (tertiary/aromatic N) is 2. The number of thiol groups is 1. The second-order valence-corrected chi connectivity index (χ2v) is 12.4. The van der Waals surface area contributed by atoms with Gasteiger partial charge in [-0.1, -0.05) is 19.4 Å². The molecule has 0 spiro atoms. The maximum atomic E-state index is 14.6. The molecule has 4 aliphatic rings. The van der Waals surface area contributed by atoms with Gasteiger partial charge in [0.05, 0.1) is 18.0 Å². The summed E-state index contributed by atoms with van der Waals surface area (Å²) in [5, 5.41) is 27.0. The normalized spacial score (nSPS) is 39.4. The van der Waals surface area contributed by atoms with Crippen LogP contribution in [0.5, 0.6) is 0 Å². The highest BCUT2D eigenvalue weighted by atomic mass is 32.1. The van der Waals surface area contributed by atoms with Crippen LogP contribution in [-0.4, -0.2) is 36.8 Å². The molecule has 7 atom stereocenters. The van der Waals surface area contributed by atoms with Crippen LogP contribution in [0.15, 0.2) is 30.0 Å². The number of aromatic nitrogens is 2. The summed E-state index contributed by atoms with van der Waals surface area (Å²) >= 11 is 4.05. The number of benzene rings is 1.